The molecular weight excluding hydrogens is 431 g/mol. The van der Waals surface area contributed by atoms with Crippen molar-refractivity contribution >= 4 is 28.6 Å². The molecule has 2 N–H and O–H groups in total. The van der Waals surface area contributed by atoms with E-state index in [1.165, 1.54) is 0 Å². The number of alkyl halides is 1. The van der Waals surface area contributed by atoms with E-state index >= 15 is 0 Å². The van der Waals surface area contributed by atoms with Crippen LogP contribution in [0.4, 0.5) is 0 Å². The number of halogens is 1. The van der Waals surface area contributed by atoms with E-state index in [9.17, 15) is 15.0 Å². The molecule has 0 aliphatic heterocycles. The van der Waals surface area contributed by atoms with Gasteiger partial charge < -0.3 is 14.9 Å². The van der Waals surface area contributed by atoms with E-state index < -0.39 is 14.6 Å². The number of esters is 1. The maximum absolute atomic E-state index is 12.5. The Kier molecular flexibility index (Phi) is 8.22. The van der Waals surface area contributed by atoms with Crippen molar-refractivity contribution in [3.8, 4) is 0 Å². The highest BCUT2D eigenvalue weighted by molar-refractivity contribution is 14.1. The number of hydrogen-bond donors (Lipinski definition) is 2. The van der Waals surface area contributed by atoms with E-state index in [-0.39, 0.29) is 23.9 Å². The molecule has 0 spiro atoms. The molecule has 5 heteroatoms. The first-order valence-electron chi connectivity index (χ1n) is 9.88. The summed E-state index contributed by atoms with van der Waals surface area (Å²) in [7, 11) is 0. The molecule has 1 saturated carbocycles. The quantitative estimate of drug-likeness (QED) is 0.294. The minimum atomic E-state index is -0.817. The average molecular weight is 468 g/mol. The zero-order valence-corrected chi connectivity index (χ0v) is 18.9. The molecule has 0 saturated heterocycles. The maximum Gasteiger partial charge on any atom is 0.322 e. The summed E-state index contributed by atoms with van der Waals surface area (Å²) in [5.74, 6) is -0.285. The van der Waals surface area contributed by atoms with Crippen molar-refractivity contribution < 1.29 is 19.7 Å². The second-order valence-electron chi connectivity index (χ2n) is 7.88. The van der Waals surface area contributed by atoms with E-state index in [1.54, 1.807) is 0 Å². The Morgan fingerprint density at radius 1 is 0.920 bits per heavy atom. The van der Waals surface area contributed by atoms with Crippen molar-refractivity contribution in [2.45, 2.75) is 107 Å². The topological polar surface area (TPSA) is 66.8 Å². The van der Waals surface area contributed by atoms with Crippen LogP contribution in [0.1, 0.15) is 86.5 Å². The molecule has 4 nitrogen and oxygen atoms in total. The Morgan fingerprint density at radius 2 is 1.28 bits per heavy atom. The van der Waals surface area contributed by atoms with Crippen LogP contribution >= 0.6 is 22.6 Å². The number of aliphatic hydroxyl groups is 2. The van der Waals surface area contributed by atoms with E-state index in [2.05, 4.69) is 22.6 Å². The fourth-order valence-electron chi connectivity index (χ4n) is 4.24. The SMILES string of the molecule is CCC(C)(I)C(=O)OC1CC(C(O)(CC)CC)C(C(O)(CC)CC)C1. The second kappa shape index (κ2) is 8.87. The molecule has 1 aliphatic rings. The molecule has 0 heterocycles. The zero-order valence-electron chi connectivity index (χ0n) is 16.8. The molecule has 148 valence electrons. The predicted octanol–water partition coefficient (Wildman–Crippen LogP) is 4.63. The number of hydrogen-bond acceptors (Lipinski definition) is 4. The van der Waals surface area contributed by atoms with Gasteiger partial charge in [-0.25, -0.2) is 0 Å². The third-order valence-corrected chi connectivity index (χ3v) is 7.92. The molecule has 1 aliphatic carbocycles. The molecule has 3 unspecified atom stereocenters. The summed E-state index contributed by atoms with van der Waals surface area (Å²) in [6, 6.07) is 0. The van der Waals surface area contributed by atoms with Crippen molar-refractivity contribution in [1.82, 2.24) is 0 Å². The number of carbonyl (C=O) groups excluding carboxylic acids is 1. The van der Waals surface area contributed by atoms with Gasteiger partial charge in [0.15, 0.2) is 0 Å². The van der Waals surface area contributed by atoms with Crippen LogP contribution in [0, 0.1) is 11.8 Å². The summed E-state index contributed by atoms with van der Waals surface area (Å²) in [4.78, 5) is 12.5. The Balaban J connectivity index is 3.08. The highest BCUT2D eigenvalue weighted by Gasteiger charge is 2.53. The van der Waals surface area contributed by atoms with Crippen molar-refractivity contribution in [2.24, 2.45) is 11.8 Å². The van der Waals surface area contributed by atoms with Crippen molar-refractivity contribution in [2.75, 3.05) is 0 Å². The van der Waals surface area contributed by atoms with Crippen molar-refractivity contribution in [3.63, 3.8) is 0 Å². The Labute approximate surface area is 167 Å². The van der Waals surface area contributed by atoms with Crippen molar-refractivity contribution in [3.05, 3.63) is 0 Å². The fraction of sp³-hybridized carbons (Fsp3) is 0.950. The van der Waals surface area contributed by atoms with E-state index in [1.807, 2.05) is 41.5 Å². The van der Waals surface area contributed by atoms with E-state index in [0.29, 0.717) is 44.9 Å². The Hall–Kier alpha value is 0.120. The van der Waals surface area contributed by atoms with Gasteiger partial charge in [0.2, 0.25) is 0 Å². The molecule has 0 aromatic carbocycles. The molecule has 1 rings (SSSR count). The lowest BCUT2D eigenvalue weighted by atomic mass is 9.69. The summed E-state index contributed by atoms with van der Waals surface area (Å²) >= 11 is 2.15. The van der Waals surface area contributed by atoms with Crippen LogP contribution in [0.3, 0.4) is 0 Å². The van der Waals surface area contributed by atoms with Gasteiger partial charge in [0.1, 0.15) is 9.53 Å². The smallest absolute Gasteiger partial charge is 0.322 e. The minimum absolute atomic E-state index is 0.0488. The van der Waals surface area contributed by atoms with Gasteiger partial charge in [0.05, 0.1) is 11.2 Å². The highest BCUT2D eigenvalue weighted by atomic mass is 127. The molecule has 0 aromatic rings. The molecule has 3 atom stereocenters. The first-order chi connectivity index (χ1) is 11.5. The molecule has 0 aromatic heterocycles. The van der Waals surface area contributed by atoms with Gasteiger partial charge in [-0.15, -0.1) is 0 Å². The molecule has 25 heavy (non-hydrogen) atoms. The van der Waals surface area contributed by atoms with Crippen LogP contribution in [-0.2, 0) is 9.53 Å². The van der Waals surface area contributed by atoms with Gasteiger partial charge in [-0.2, -0.15) is 0 Å². The Bertz CT molecular complexity index is 415. The van der Waals surface area contributed by atoms with Crippen LogP contribution in [-0.4, -0.2) is 36.9 Å². The number of ether oxygens (including phenoxy) is 1. The monoisotopic (exact) mass is 468 g/mol. The lowest BCUT2D eigenvalue weighted by Crippen LogP contribution is -2.47. The molecule has 1 fully saturated rings. The van der Waals surface area contributed by atoms with Gasteiger partial charge >= 0.3 is 5.97 Å². The summed E-state index contributed by atoms with van der Waals surface area (Å²) in [5, 5.41) is 22.3. The van der Waals surface area contributed by atoms with Crippen LogP contribution in [0.5, 0.6) is 0 Å². The van der Waals surface area contributed by atoms with Gasteiger partial charge in [0.25, 0.3) is 0 Å². The first-order valence-corrected chi connectivity index (χ1v) is 11.0. The summed E-state index contributed by atoms with van der Waals surface area (Å²) in [5.41, 5.74) is -1.63. The summed E-state index contributed by atoms with van der Waals surface area (Å²) in [6.07, 6.45) is 4.34. The van der Waals surface area contributed by atoms with Crippen LogP contribution in [0.2, 0.25) is 0 Å². The lowest BCUT2D eigenvalue weighted by Gasteiger charge is -2.42. The van der Waals surface area contributed by atoms with E-state index in [4.69, 9.17) is 4.74 Å². The molecule has 0 bridgehead atoms. The predicted molar refractivity (Wildman–Crippen MR) is 110 cm³/mol. The van der Waals surface area contributed by atoms with Crippen LogP contribution in [0.15, 0.2) is 0 Å². The van der Waals surface area contributed by atoms with Crippen LogP contribution in [0.25, 0.3) is 0 Å². The van der Waals surface area contributed by atoms with Crippen LogP contribution < -0.4 is 0 Å². The third-order valence-electron chi connectivity index (χ3n) is 6.71. The largest absolute Gasteiger partial charge is 0.461 e. The van der Waals surface area contributed by atoms with Gasteiger partial charge in [-0.05, 0) is 63.7 Å². The molecular formula is C20H37IO4. The highest BCUT2D eigenvalue weighted by Crippen LogP contribution is 2.50. The third kappa shape index (κ3) is 4.89. The lowest BCUT2D eigenvalue weighted by molar-refractivity contribution is -0.151. The fourth-order valence-corrected chi connectivity index (χ4v) is 4.37. The molecule has 0 amide bonds. The number of rotatable bonds is 9. The standard InChI is InChI=1S/C20H37IO4/c1-7-18(6,21)17(22)25-14-12-15(19(23,8-2)9-3)16(13-14)20(24,10-4)11-5/h14-16,23-24H,7-13H2,1-6H3. The van der Waals surface area contributed by atoms with Crippen molar-refractivity contribution in [1.29, 1.82) is 0 Å². The second-order valence-corrected chi connectivity index (χ2v) is 10.3. The van der Waals surface area contributed by atoms with Gasteiger partial charge in [-0.1, -0.05) is 57.2 Å². The normalized spacial score (nSPS) is 27.2. The molecule has 0 radical (unpaired) electrons. The minimum Gasteiger partial charge on any atom is -0.461 e. The van der Waals surface area contributed by atoms with Gasteiger partial charge in [-0.3, -0.25) is 4.79 Å². The van der Waals surface area contributed by atoms with Gasteiger partial charge in [0, 0.05) is 0 Å². The zero-order chi connectivity index (χ0) is 19.5. The summed E-state index contributed by atoms with van der Waals surface area (Å²) < 4.78 is 5.30. The van der Waals surface area contributed by atoms with E-state index in [0.717, 1.165) is 0 Å². The maximum atomic E-state index is 12.5. The first kappa shape index (κ1) is 23.2. The average Bonchev–Trinajstić information content (AvgIpc) is 3.05. The summed E-state index contributed by atoms with van der Waals surface area (Å²) in [6.45, 7) is 11.9. The Morgan fingerprint density at radius 3 is 1.56 bits per heavy atom. The number of carbonyl (C=O) groups is 1.